The summed E-state index contributed by atoms with van der Waals surface area (Å²) >= 11 is 12.1. The van der Waals surface area contributed by atoms with E-state index in [1.54, 1.807) is 0 Å². The van der Waals surface area contributed by atoms with Gasteiger partial charge in [-0.15, -0.1) is 0 Å². The number of esters is 1. The number of rotatable bonds is 5. The molecule has 0 atom stereocenters. The average molecular weight is 383 g/mol. The number of nitrogens with zero attached hydrogens (tertiary/aromatic N) is 2. The highest BCUT2D eigenvalue weighted by atomic mass is 35.5. The smallest absolute Gasteiger partial charge is 0.303 e. The summed E-state index contributed by atoms with van der Waals surface area (Å²) in [5.74, 6) is 1.24. The van der Waals surface area contributed by atoms with Crippen molar-refractivity contribution in [2.45, 2.75) is 20.1 Å². The highest BCUT2D eigenvalue weighted by Crippen LogP contribution is 2.28. The minimum Gasteiger partial charge on any atom is -0.461 e. The van der Waals surface area contributed by atoms with Gasteiger partial charge < -0.3 is 14.1 Å². The van der Waals surface area contributed by atoms with E-state index < -0.39 is 0 Å². The molecule has 1 fully saturated rings. The van der Waals surface area contributed by atoms with Gasteiger partial charge in [-0.1, -0.05) is 23.2 Å². The van der Waals surface area contributed by atoms with Gasteiger partial charge in [0.1, 0.15) is 18.1 Å². The molecule has 0 aliphatic carbocycles. The van der Waals surface area contributed by atoms with Gasteiger partial charge in [0.25, 0.3) is 0 Å². The molecule has 0 saturated carbocycles. The van der Waals surface area contributed by atoms with Crippen molar-refractivity contribution in [1.29, 1.82) is 0 Å². The molecule has 7 heteroatoms. The summed E-state index contributed by atoms with van der Waals surface area (Å²) in [6.07, 6.45) is 0. The van der Waals surface area contributed by atoms with Crippen molar-refractivity contribution in [1.82, 2.24) is 4.90 Å². The number of halogens is 2. The number of carbonyl (C=O) groups is 1. The Morgan fingerprint density at radius 1 is 1.08 bits per heavy atom. The van der Waals surface area contributed by atoms with Crippen molar-refractivity contribution in [3.8, 4) is 0 Å². The predicted molar refractivity (Wildman–Crippen MR) is 98.1 cm³/mol. The van der Waals surface area contributed by atoms with Crippen LogP contribution in [-0.2, 0) is 22.7 Å². The molecule has 2 aromatic rings. The van der Waals surface area contributed by atoms with Gasteiger partial charge in [0.05, 0.1) is 16.6 Å². The summed E-state index contributed by atoms with van der Waals surface area (Å²) < 4.78 is 10.7. The summed E-state index contributed by atoms with van der Waals surface area (Å²) in [5, 5.41) is 1.16. The number of carbonyl (C=O) groups excluding carboxylic acids is 1. The summed E-state index contributed by atoms with van der Waals surface area (Å²) in [4.78, 5) is 15.5. The van der Waals surface area contributed by atoms with Gasteiger partial charge in [-0.3, -0.25) is 9.69 Å². The zero-order valence-corrected chi connectivity index (χ0v) is 15.5. The summed E-state index contributed by atoms with van der Waals surface area (Å²) in [6, 6.07) is 9.53. The Morgan fingerprint density at radius 3 is 2.48 bits per heavy atom. The lowest BCUT2D eigenvalue weighted by molar-refractivity contribution is -0.142. The molecule has 25 heavy (non-hydrogen) atoms. The molecule has 3 rings (SSSR count). The molecule has 0 amide bonds. The molecular weight excluding hydrogens is 363 g/mol. The SMILES string of the molecule is CC(=O)OCc1ccc(CN2CCN(c3ccc(Cl)c(Cl)c3)CC2)o1. The van der Waals surface area contributed by atoms with Crippen LogP contribution in [0.25, 0.3) is 0 Å². The van der Waals surface area contributed by atoms with Gasteiger partial charge in [-0.2, -0.15) is 0 Å². The Balaban J connectivity index is 1.50. The second kappa shape index (κ2) is 8.13. The van der Waals surface area contributed by atoms with E-state index in [9.17, 15) is 4.79 Å². The standard InChI is InChI=1S/C18H20Cl2N2O3/c1-13(23)24-12-16-4-3-15(25-16)11-21-6-8-22(9-7-21)14-2-5-17(19)18(20)10-14/h2-5,10H,6-9,11-12H2,1H3. The molecule has 1 aromatic heterocycles. The first kappa shape index (κ1) is 18.1. The lowest BCUT2D eigenvalue weighted by Crippen LogP contribution is -2.45. The highest BCUT2D eigenvalue weighted by molar-refractivity contribution is 6.42. The number of hydrogen-bond acceptors (Lipinski definition) is 5. The maximum absolute atomic E-state index is 10.8. The van der Waals surface area contributed by atoms with Gasteiger partial charge in [-0.25, -0.2) is 0 Å². The molecule has 0 N–H and O–H groups in total. The number of anilines is 1. The normalized spacial score (nSPS) is 15.4. The second-order valence-electron chi connectivity index (χ2n) is 6.01. The van der Waals surface area contributed by atoms with E-state index in [1.807, 2.05) is 30.3 Å². The monoisotopic (exact) mass is 382 g/mol. The fourth-order valence-corrected chi connectivity index (χ4v) is 3.12. The molecule has 0 unspecified atom stereocenters. The van der Waals surface area contributed by atoms with Gasteiger partial charge in [0.15, 0.2) is 0 Å². The van der Waals surface area contributed by atoms with Crippen molar-refractivity contribution in [2.75, 3.05) is 31.1 Å². The molecular formula is C18H20Cl2N2O3. The first-order valence-electron chi connectivity index (χ1n) is 8.14. The summed E-state index contributed by atoms with van der Waals surface area (Å²) in [6.45, 7) is 6.01. The fourth-order valence-electron chi connectivity index (χ4n) is 2.82. The van der Waals surface area contributed by atoms with Crippen molar-refractivity contribution in [3.05, 3.63) is 51.9 Å². The molecule has 134 valence electrons. The van der Waals surface area contributed by atoms with E-state index in [0.717, 1.165) is 44.2 Å². The predicted octanol–water partition coefficient (Wildman–Crippen LogP) is 3.97. The molecule has 1 aromatic carbocycles. The lowest BCUT2D eigenvalue weighted by Gasteiger charge is -2.35. The Morgan fingerprint density at radius 2 is 1.80 bits per heavy atom. The van der Waals surface area contributed by atoms with Crippen LogP contribution < -0.4 is 4.90 Å². The van der Waals surface area contributed by atoms with Crippen LogP contribution in [0.1, 0.15) is 18.4 Å². The van der Waals surface area contributed by atoms with Gasteiger partial charge in [-0.05, 0) is 30.3 Å². The Hall–Kier alpha value is -1.69. The maximum Gasteiger partial charge on any atom is 0.303 e. The van der Waals surface area contributed by atoms with E-state index in [1.165, 1.54) is 6.92 Å². The zero-order chi connectivity index (χ0) is 17.8. The van der Waals surface area contributed by atoms with Crippen molar-refractivity contribution < 1.29 is 13.9 Å². The average Bonchev–Trinajstić information content (AvgIpc) is 3.04. The van der Waals surface area contributed by atoms with Crippen LogP contribution in [-0.4, -0.2) is 37.0 Å². The van der Waals surface area contributed by atoms with E-state index >= 15 is 0 Å². The highest BCUT2D eigenvalue weighted by Gasteiger charge is 2.19. The molecule has 1 aliphatic heterocycles. The molecule has 5 nitrogen and oxygen atoms in total. The van der Waals surface area contributed by atoms with Crippen molar-refractivity contribution in [3.63, 3.8) is 0 Å². The van der Waals surface area contributed by atoms with Crippen LogP contribution in [0.4, 0.5) is 5.69 Å². The van der Waals surface area contributed by atoms with Gasteiger partial charge >= 0.3 is 5.97 Å². The van der Waals surface area contributed by atoms with Crippen LogP contribution >= 0.6 is 23.2 Å². The zero-order valence-electron chi connectivity index (χ0n) is 14.0. The van der Waals surface area contributed by atoms with Crippen molar-refractivity contribution >= 4 is 34.9 Å². The van der Waals surface area contributed by atoms with Crippen LogP contribution in [0.2, 0.25) is 10.0 Å². The van der Waals surface area contributed by atoms with Gasteiger partial charge in [0, 0.05) is 38.8 Å². The summed E-state index contributed by atoms with van der Waals surface area (Å²) in [7, 11) is 0. The minimum atomic E-state index is -0.309. The Kier molecular flexibility index (Phi) is 5.89. The Labute approximate surface area is 157 Å². The largest absolute Gasteiger partial charge is 0.461 e. The first-order valence-corrected chi connectivity index (χ1v) is 8.90. The number of benzene rings is 1. The second-order valence-corrected chi connectivity index (χ2v) is 6.82. The first-order chi connectivity index (χ1) is 12.0. The van der Waals surface area contributed by atoms with Crippen LogP contribution in [0.3, 0.4) is 0 Å². The van der Waals surface area contributed by atoms with Crippen LogP contribution in [0, 0.1) is 0 Å². The molecule has 1 saturated heterocycles. The van der Waals surface area contributed by atoms with E-state index in [2.05, 4.69) is 9.80 Å². The van der Waals surface area contributed by atoms with Crippen LogP contribution in [0.5, 0.6) is 0 Å². The maximum atomic E-state index is 10.8. The number of hydrogen-bond donors (Lipinski definition) is 0. The van der Waals surface area contributed by atoms with E-state index in [0.29, 0.717) is 15.8 Å². The third-order valence-electron chi connectivity index (χ3n) is 4.16. The van der Waals surface area contributed by atoms with E-state index in [-0.39, 0.29) is 12.6 Å². The summed E-state index contributed by atoms with van der Waals surface area (Å²) in [5.41, 5.74) is 1.09. The quantitative estimate of drug-likeness (QED) is 0.732. The van der Waals surface area contributed by atoms with E-state index in [4.69, 9.17) is 32.4 Å². The van der Waals surface area contributed by atoms with Crippen LogP contribution in [0.15, 0.2) is 34.7 Å². The molecule has 1 aliphatic rings. The molecule has 0 spiro atoms. The molecule has 0 bridgehead atoms. The third-order valence-corrected chi connectivity index (χ3v) is 4.89. The number of piperazine rings is 1. The van der Waals surface area contributed by atoms with Crippen molar-refractivity contribution in [2.24, 2.45) is 0 Å². The number of furan rings is 1. The molecule has 2 heterocycles. The third kappa shape index (κ3) is 4.91. The number of ether oxygens (including phenoxy) is 1. The lowest BCUT2D eigenvalue weighted by atomic mass is 10.2. The minimum absolute atomic E-state index is 0.181. The fraction of sp³-hybridized carbons (Fsp3) is 0.389. The van der Waals surface area contributed by atoms with Gasteiger partial charge in [0.2, 0.25) is 0 Å². The Bertz CT molecular complexity index is 740. The molecule has 0 radical (unpaired) electrons. The topological polar surface area (TPSA) is 45.9 Å².